The summed E-state index contributed by atoms with van der Waals surface area (Å²) in [6.07, 6.45) is -2.65. The van der Waals surface area contributed by atoms with Crippen molar-refractivity contribution >= 4 is 5.91 Å². The minimum Gasteiger partial charge on any atom is -0.353 e. The Kier molecular flexibility index (Phi) is 8.33. The average molecular weight is 375 g/mol. The molecule has 0 aliphatic heterocycles. The second-order valence-corrected chi connectivity index (χ2v) is 6.66. The van der Waals surface area contributed by atoms with Crippen molar-refractivity contribution in [2.24, 2.45) is 5.92 Å². The quantitative estimate of drug-likeness (QED) is 0.722. The second-order valence-electron chi connectivity index (χ2n) is 6.66. The third-order valence-corrected chi connectivity index (χ3v) is 4.25. The molecule has 0 spiro atoms. The van der Waals surface area contributed by atoms with Gasteiger partial charge in [0.15, 0.2) is 0 Å². The monoisotopic (exact) mass is 375 g/mol. The molecule has 5 nitrogen and oxygen atoms in total. The van der Waals surface area contributed by atoms with E-state index in [0.29, 0.717) is 12.5 Å². The number of nitrogens with zero attached hydrogens (tertiary/aromatic N) is 2. The van der Waals surface area contributed by atoms with E-state index in [1.807, 2.05) is 13.8 Å². The molecule has 0 bridgehead atoms. The maximum absolute atomic E-state index is 12.8. The zero-order valence-corrected chi connectivity index (χ0v) is 15.8. The smallest absolute Gasteiger partial charge is 0.353 e. The van der Waals surface area contributed by atoms with Gasteiger partial charge in [-0.1, -0.05) is 27.7 Å². The van der Waals surface area contributed by atoms with Gasteiger partial charge < -0.3 is 9.88 Å². The van der Waals surface area contributed by atoms with E-state index in [2.05, 4.69) is 24.1 Å². The third-order valence-electron chi connectivity index (χ3n) is 4.25. The van der Waals surface area contributed by atoms with Crippen LogP contribution in [0.4, 0.5) is 13.2 Å². The fourth-order valence-electron chi connectivity index (χ4n) is 2.97. The van der Waals surface area contributed by atoms with Gasteiger partial charge in [-0.3, -0.25) is 14.5 Å². The number of nitrogens with one attached hydrogen (secondary N) is 1. The van der Waals surface area contributed by atoms with Gasteiger partial charge in [-0.2, -0.15) is 13.2 Å². The van der Waals surface area contributed by atoms with E-state index < -0.39 is 29.8 Å². The molecule has 0 aliphatic rings. The Hall–Kier alpha value is -1.83. The molecule has 1 amide bonds. The van der Waals surface area contributed by atoms with Crippen LogP contribution < -0.4 is 10.9 Å². The van der Waals surface area contributed by atoms with E-state index in [1.165, 1.54) is 6.20 Å². The molecule has 0 radical (unpaired) electrons. The van der Waals surface area contributed by atoms with Gasteiger partial charge in [0.25, 0.3) is 5.56 Å². The van der Waals surface area contributed by atoms with Gasteiger partial charge in [0.2, 0.25) is 5.91 Å². The second kappa shape index (κ2) is 9.75. The summed E-state index contributed by atoms with van der Waals surface area (Å²) in [5, 5.41) is 2.75. The van der Waals surface area contributed by atoms with E-state index in [-0.39, 0.29) is 6.04 Å². The van der Waals surface area contributed by atoms with Gasteiger partial charge in [-0.05, 0) is 37.6 Å². The Bertz CT molecular complexity index is 637. The molecule has 1 N–H and O–H groups in total. The molecule has 1 heterocycles. The van der Waals surface area contributed by atoms with Crippen LogP contribution in [0.25, 0.3) is 0 Å². The molecule has 1 unspecified atom stereocenters. The SMILES string of the molecule is CCN(CC)C(CNC(=O)Cn1cccc(C(F)(F)F)c1=O)CC(C)C. The number of hydrogen-bond acceptors (Lipinski definition) is 3. The van der Waals surface area contributed by atoms with Gasteiger partial charge in [-0.25, -0.2) is 0 Å². The minimum absolute atomic E-state index is 0.146. The highest BCUT2D eigenvalue weighted by molar-refractivity contribution is 5.75. The van der Waals surface area contributed by atoms with Crippen molar-refractivity contribution in [3.8, 4) is 0 Å². The van der Waals surface area contributed by atoms with Crippen molar-refractivity contribution in [1.82, 2.24) is 14.8 Å². The van der Waals surface area contributed by atoms with Crippen molar-refractivity contribution in [2.45, 2.75) is 52.9 Å². The molecule has 0 aliphatic carbocycles. The highest BCUT2D eigenvalue weighted by atomic mass is 19.4. The van der Waals surface area contributed by atoms with Crippen molar-refractivity contribution in [3.63, 3.8) is 0 Å². The van der Waals surface area contributed by atoms with Gasteiger partial charge in [0.05, 0.1) is 0 Å². The Morgan fingerprint density at radius 1 is 1.27 bits per heavy atom. The molecular formula is C18H28F3N3O2. The number of carbonyl (C=O) groups is 1. The third kappa shape index (κ3) is 6.48. The maximum atomic E-state index is 12.8. The number of halogens is 3. The number of likely N-dealkylation sites (N-methyl/N-ethyl adjacent to an activating group) is 1. The van der Waals surface area contributed by atoms with Crippen LogP contribution in [0, 0.1) is 5.92 Å². The molecule has 1 atom stereocenters. The van der Waals surface area contributed by atoms with E-state index >= 15 is 0 Å². The van der Waals surface area contributed by atoms with E-state index in [9.17, 15) is 22.8 Å². The molecule has 1 aromatic rings. The lowest BCUT2D eigenvalue weighted by molar-refractivity contribution is -0.139. The highest BCUT2D eigenvalue weighted by Crippen LogP contribution is 2.25. The normalized spacial score (nSPS) is 13.3. The number of pyridine rings is 1. The summed E-state index contributed by atoms with van der Waals surface area (Å²) in [6, 6.07) is 1.98. The van der Waals surface area contributed by atoms with Crippen LogP contribution in [-0.2, 0) is 17.5 Å². The Labute approximate surface area is 152 Å². The molecule has 0 fully saturated rings. The van der Waals surface area contributed by atoms with Crippen LogP contribution in [-0.4, -0.2) is 41.1 Å². The molecule has 1 rings (SSSR count). The van der Waals surface area contributed by atoms with Crippen molar-refractivity contribution < 1.29 is 18.0 Å². The van der Waals surface area contributed by atoms with Gasteiger partial charge in [0.1, 0.15) is 12.1 Å². The Morgan fingerprint density at radius 2 is 1.88 bits per heavy atom. The van der Waals surface area contributed by atoms with Gasteiger partial charge in [-0.15, -0.1) is 0 Å². The standard InChI is InChI=1S/C18H28F3N3O2/c1-5-23(6-2)14(10-13(3)4)11-22-16(25)12-24-9-7-8-15(17(24)26)18(19,20)21/h7-9,13-14H,5-6,10-12H2,1-4H3,(H,22,25). The summed E-state index contributed by atoms with van der Waals surface area (Å²) in [7, 11) is 0. The van der Waals surface area contributed by atoms with Crippen molar-refractivity contribution in [3.05, 3.63) is 34.2 Å². The Balaban J connectivity index is 2.78. The zero-order valence-electron chi connectivity index (χ0n) is 15.8. The summed E-state index contributed by atoms with van der Waals surface area (Å²) < 4.78 is 39.2. The number of hydrogen-bond donors (Lipinski definition) is 1. The predicted octanol–water partition coefficient (Wildman–Crippen LogP) is 2.74. The minimum atomic E-state index is -4.73. The van der Waals surface area contributed by atoms with E-state index in [1.54, 1.807) is 0 Å². The lowest BCUT2D eigenvalue weighted by atomic mass is 10.0. The summed E-state index contributed by atoms with van der Waals surface area (Å²) >= 11 is 0. The molecule has 0 saturated carbocycles. The summed E-state index contributed by atoms with van der Waals surface area (Å²) in [6.45, 7) is 9.93. The lowest BCUT2D eigenvalue weighted by Crippen LogP contribution is -2.45. The van der Waals surface area contributed by atoms with Crippen LogP contribution in [0.5, 0.6) is 0 Å². The van der Waals surface area contributed by atoms with E-state index in [4.69, 9.17) is 0 Å². The maximum Gasteiger partial charge on any atom is 0.421 e. The number of alkyl halides is 3. The predicted molar refractivity (Wildman–Crippen MR) is 94.9 cm³/mol. The summed E-state index contributed by atoms with van der Waals surface area (Å²) in [5.41, 5.74) is -2.48. The first kappa shape index (κ1) is 22.2. The number of rotatable bonds is 9. The molecule has 1 aromatic heterocycles. The first-order chi connectivity index (χ1) is 12.1. The van der Waals surface area contributed by atoms with Crippen molar-refractivity contribution in [2.75, 3.05) is 19.6 Å². The first-order valence-electron chi connectivity index (χ1n) is 8.87. The zero-order chi connectivity index (χ0) is 19.9. The van der Waals surface area contributed by atoms with Crippen LogP contribution in [0.15, 0.2) is 23.1 Å². The highest BCUT2D eigenvalue weighted by Gasteiger charge is 2.34. The van der Waals surface area contributed by atoms with Crippen LogP contribution in [0.1, 0.15) is 39.7 Å². The number of carbonyl (C=O) groups excluding carboxylic acids is 1. The molecular weight excluding hydrogens is 347 g/mol. The topological polar surface area (TPSA) is 54.3 Å². The number of amides is 1. The molecule has 8 heteroatoms. The molecule has 26 heavy (non-hydrogen) atoms. The van der Waals surface area contributed by atoms with Crippen LogP contribution >= 0.6 is 0 Å². The summed E-state index contributed by atoms with van der Waals surface area (Å²) in [4.78, 5) is 26.3. The lowest BCUT2D eigenvalue weighted by Gasteiger charge is -2.31. The molecule has 0 saturated heterocycles. The van der Waals surface area contributed by atoms with Crippen LogP contribution in [0.2, 0.25) is 0 Å². The Morgan fingerprint density at radius 3 is 2.38 bits per heavy atom. The largest absolute Gasteiger partial charge is 0.421 e. The van der Waals surface area contributed by atoms with Crippen molar-refractivity contribution in [1.29, 1.82) is 0 Å². The van der Waals surface area contributed by atoms with E-state index in [0.717, 1.165) is 36.2 Å². The summed E-state index contributed by atoms with van der Waals surface area (Å²) in [5.74, 6) is -0.0316. The number of aromatic nitrogens is 1. The molecule has 148 valence electrons. The fraction of sp³-hybridized carbons (Fsp3) is 0.667. The van der Waals surface area contributed by atoms with Gasteiger partial charge >= 0.3 is 6.18 Å². The fourth-order valence-corrected chi connectivity index (χ4v) is 2.97. The van der Waals surface area contributed by atoms with Crippen LogP contribution in [0.3, 0.4) is 0 Å². The average Bonchev–Trinajstić information content (AvgIpc) is 2.54. The van der Waals surface area contributed by atoms with Gasteiger partial charge in [0, 0.05) is 18.8 Å². The first-order valence-corrected chi connectivity index (χ1v) is 8.87. The molecule has 0 aromatic carbocycles.